The molecule has 1 fully saturated rings. The second kappa shape index (κ2) is 5.97. The molecule has 1 heterocycles. The monoisotopic (exact) mass is 352 g/mol. The summed E-state index contributed by atoms with van der Waals surface area (Å²) in [6.45, 7) is 0.990. The number of aliphatic hydroxyl groups excluding tert-OH is 1. The van der Waals surface area contributed by atoms with Crippen LogP contribution in [0.1, 0.15) is 6.42 Å². The van der Waals surface area contributed by atoms with Crippen molar-refractivity contribution < 1.29 is 35.4 Å². The van der Waals surface area contributed by atoms with Crippen molar-refractivity contribution in [3.05, 3.63) is 27.6 Å². The molecule has 0 spiro atoms. The minimum absolute atomic E-state index is 0.0863. The van der Waals surface area contributed by atoms with E-state index in [4.69, 9.17) is 4.74 Å². The molecular formula is C12H16FINO2-. The number of ether oxygens (including phenoxy) is 1. The van der Waals surface area contributed by atoms with Crippen LogP contribution < -0.4 is 31.3 Å². The Hall–Kier alpha value is -0.400. The van der Waals surface area contributed by atoms with Gasteiger partial charge in [-0.2, -0.15) is 0 Å². The topological polar surface area (TPSA) is 41.5 Å². The predicted molar refractivity (Wildman–Crippen MR) is 58.9 cm³/mol. The molecule has 96 valence electrons. The van der Waals surface area contributed by atoms with E-state index in [1.807, 2.05) is 6.07 Å². The predicted octanol–water partition coefficient (Wildman–Crippen LogP) is -2.18. The number of nitrogens with one attached hydrogen (secondary N) is 1. The molecule has 1 aromatic carbocycles. The van der Waals surface area contributed by atoms with Crippen molar-refractivity contribution in [2.75, 3.05) is 18.1 Å². The van der Waals surface area contributed by atoms with Gasteiger partial charge in [0.15, 0.2) is 0 Å². The van der Waals surface area contributed by atoms with Crippen molar-refractivity contribution in [3.63, 3.8) is 0 Å². The van der Waals surface area contributed by atoms with Crippen LogP contribution in [0.25, 0.3) is 0 Å². The summed E-state index contributed by atoms with van der Waals surface area (Å²) in [4.78, 5) is 2.10. The quantitative estimate of drug-likeness (QED) is 0.478. The fraction of sp³-hybridized carbons (Fsp3) is 0.500. The Morgan fingerprint density at radius 2 is 2.41 bits per heavy atom. The van der Waals surface area contributed by atoms with E-state index in [2.05, 4.69) is 10.2 Å². The molecule has 0 radical (unpaired) electrons. The van der Waals surface area contributed by atoms with Crippen LogP contribution in [0.15, 0.2) is 18.2 Å². The molecule has 1 saturated heterocycles. The van der Waals surface area contributed by atoms with Crippen LogP contribution >= 0.6 is 0 Å². The summed E-state index contributed by atoms with van der Waals surface area (Å²) in [7, 11) is 0. The maximum absolute atomic E-state index is 13.6. The van der Waals surface area contributed by atoms with Gasteiger partial charge in [-0.15, -0.1) is 0 Å². The van der Waals surface area contributed by atoms with Gasteiger partial charge in [-0.05, 0) is 0 Å². The third-order valence-electron chi connectivity index (χ3n) is 2.75. The maximum atomic E-state index is 13.6. The summed E-state index contributed by atoms with van der Waals surface area (Å²) in [5.41, 5.74) is 0. The van der Waals surface area contributed by atoms with Crippen molar-refractivity contribution >= 4 is 0 Å². The molecular weight excluding hydrogens is 336 g/mol. The molecule has 2 N–H and O–H groups in total. The first-order valence-electron chi connectivity index (χ1n) is 5.52. The average molecular weight is 352 g/mol. The summed E-state index contributed by atoms with van der Waals surface area (Å²) in [5.74, 6) is 0.0111. The second-order valence-corrected chi connectivity index (χ2v) is 6.39. The first kappa shape index (κ1) is 13.0. The number of halogens is 2. The zero-order chi connectivity index (χ0) is 12.3. The van der Waals surface area contributed by atoms with Crippen molar-refractivity contribution in [1.82, 2.24) is 5.32 Å². The molecule has 5 heteroatoms. The molecule has 2 rings (SSSR count). The van der Waals surface area contributed by atoms with E-state index in [0.717, 1.165) is 3.57 Å². The van der Waals surface area contributed by atoms with E-state index < -0.39 is 0 Å². The number of aliphatic hydroxyl groups is 1. The van der Waals surface area contributed by atoms with Crippen LogP contribution in [0.3, 0.4) is 0 Å². The normalized spacial score (nSPS) is 24.2. The minimum atomic E-state index is -0.305. The van der Waals surface area contributed by atoms with Crippen LogP contribution in [0.5, 0.6) is 5.75 Å². The summed E-state index contributed by atoms with van der Waals surface area (Å²) in [6.07, 6.45) is 0.362. The molecule has 0 bridgehead atoms. The summed E-state index contributed by atoms with van der Waals surface area (Å²) in [5, 5.41) is 12.5. The first-order valence-corrected chi connectivity index (χ1v) is 8.76. The van der Waals surface area contributed by atoms with Gasteiger partial charge in [0, 0.05) is 0 Å². The Kier molecular flexibility index (Phi) is 4.58. The van der Waals surface area contributed by atoms with Crippen LogP contribution in [0.2, 0.25) is 0 Å². The van der Waals surface area contributed by atoms with Gasteiger partial charge in [0.1, 0.15) is 0 Å². The molecule has 0 aliphatic carbocycles. The van der Waals surface area contributed by atoms with Gasteiger partial charge in [0.2, 0.25) is 0 Å². The molecule has 0 amide bonds. The van der Waals surface area contributed by atoms with Gasteiger partial charge >= 0.3 is 111 Å². The fourth-order valence-electron chi connectivity index (χ4n) is 1.82. The SMILES string of the molecule is C[I-]c1ccc(OCC2C[C@@H](O)CN2)c(F)c1. The zero-order valence-corrected chi connectivity index (χ0v) is 11.8. The van der Waals surface area contributed by atoms with Crippen LogP contribution in [-0.4, -0.2) is 35.3 Å². The molecule has 0 saturated carbocycles. The molecule has 2 atom stereocenters. The summed E-state index contributed by atoms with van der Waals surface area (Å²) in [6, 6.07) is 5.28. The zero-order valence-electron chi connectivity index (χ0n) is 9.62. The number of β-amino-alcohol motifs (C(OH)–C–C–N with tert-alkyl or cyclic N) is 1. The van der Waals surface area contributed by atoms with Gasteiger partial charge in [-0.3, -0.25) is 0 Å². The Labute approximate surface area is 111 Å². The number of hydrogen-bond acceptors (Lipinski definition) is 3. The molecule has 1 aromatic rings. The molecule has 3 nitrogen and oxygen atoms in total. The molecule has 0 aromatic heterocycles. The molecule has 1 aliphatic heterocycles. The van der Waals surface area contributed by atoms with E-state index in [9.17, 15) is 9.50 Å². The first-order chi connectivity index (χ1) is 8.19. The van der Waals surface area contributed by atoms with Gasteiger partial charge in [-0.1, -0.05) is 0 Å². The number of rotatable bonds is 4. The van der Waals surface area contributed by atoms with Crippen LogP contribution in [0.4, 0.5) is 4.39 Å². The Morgan fingerprint density at radius 1 is 1.59 bits per heavy atom. The molecule has 1 unspecified atom stereocenters. The number of alkyl halides is 1. The van der Waals surface area contributed by atoms with Gasteiger partial charge in [-0.25, -0.2) is 0 Å². The van der Waals surface area contributed by atoms with Gasteiger partial charge < -0.3 is 0 Å². The summed E-state index contributed by atoms with van der Waals surface area (Å²) < 4.78 is 20.1. The van der Waals surface area contributed by atoms with E-state index in [-0.39, 0.29) is 39.2 Å². The standard InChI is InChI=1S/C12H16FINO2/c1-14-8-2-3-12(11(13)4-8)17-7-9-5-10(16)6-15-9/h2-4,9-10,15-16H,5-7H2,1H3/q-1/t9?,10-/m1/s1. The van der Waals surface area contributed by atoms with Gasteiger partial charge in [0.25, 0.3) is 0 Å². The number of benzene rings is 1. The fourth-order valence-corrected chi connectivity index (χ4v) is 2.95. The third-order valence-corrected chi connectivity index (χ3v) is 4.67. The number of hydrogen-bond donors (Lipinski definition) is 2. The van der Waals surface area contributed by atoms with Crippen molar-refractivity contribution in [2.45, 2.75) is 18.6 Å². The summed E-state index contributed by atoms with van der Waals surface area (Å²) >= 11 is -0.0863. The Balaban J connectivity index is 1.90. The van der Waals surface area contributed by atoms with E-state index in [0.29, 0.717) is 25.3 Å². The Bertz CT molecular complexity index is 389. The van der Waals surface area contributed by atoms with Crippen molar-refractivity contribution in [3.8, 4) is 5.75 Å². The van der Waals surface area contributed by atoms with Crippen LogP contribution in [0, 0.1) is 9.39 Å². The van der Waals surface area contributed by atoms with Crippen molar-refractivity contribution in [1.29, 1.82) is 0 Å². The van der Waals surface area contributed by atoms with E-state index >= 15 is 0 Å². The van der Waals surface area contributed by atoms with E-state index in [1.54, 1.807) is 12.1 Å². The van der Waals surface area contributed by atoms with Gasteiger partial charge in [0.05, 0.1) is 0 Å². The van der Waals surface area contributed by atoms with E-state index in [1.165, 1.54) is 0 Å². The third kappa shape index (κ3) is 3.53. The molecule has 1 aliphatic rings. The second-order valence-electron chi connectivity index (χ2n) is 4.07. The molecule has 17 heavy (non-hydrogen) atoms. The van der Waals surface area contributed by atoms with Crippen LogP contribution in [-0.2, 0) is 0 Å². The average Bonchev–Trinajstić information content (AvgIpc) is 2.73. The van der Waals surface area contributed by atoms with Crippen molar-refractivity contribution in [2.24, 2.45) is 0 Å². The Morgan fingerprint density at radius 3 is 3.00 bits per heavy atom.